The molecule has 1 aromatic carbocycles. The Hall–Kier alpha value is -1.46. The molecule has 0 aliphatic rings. The topological polar surface area (TPSA) is 55.0 Å². The molecule has 0 aliphatic heterocycles. The molecule has 1 aromatic heterocycles. The number of benzene rings is 1. The minimum Gasteiger partial charge on any atom is -0.340 e. The molecule has 1 heterocycles. The van der Waals surface area contributed by atoms with Crippen LogP contribution in [0.2, 0.25) is 0 Å². The molecule has 1 unspecified atom stereocenters. The molecular weight excluding hydrogens is 328 g/mol. The Labute approximate surface area is 134 Å². The highest BCUT2D eigenvalue weighted by Gasteiger charge is 2.07. The van der Waals surface area contributed by atoms with Gasteiger partial charge in [-0.3, -0.25) is 0 Å². The third-order valence-corrected chi connectivity index (χ3v) is 3.86. The van der Waals surface area contributed by atoms with Crippen molar-refractivity contribution in [2.75, 3.05) is 11.9 Å². The van der Waals surface area contributed by atoms with Crippen molar-refractivity contribution in [2.24, 2.45) is 5.73 Å². The second-order valence-corrected chi connectivity index (χ2v) is 6.17. The molecular formula is C16H21BrN4. The van der Waals surface area contributed by atoms with Crippen LogP contribution in [-0.2, 0) is 13.0 Å². The first-order valence-corrected chi connectivity index (χ1v) is 7.90. The second kappa shape index (κ2) is 7.52. The fraction of sp³-hybridized carbons (Fsp3) is 0.375. The van der Waals surface area contributed by atoms with Crippen LogP contribution >= 0.6 is 15.9 Å². The number of hydrogen-bond donors (Lipinski definition) is 1. The number of aromatic nitrogens is 2. The smallest absolute Gasteiger partial charge is 0.225 e. The summed E-state index contributed by atoms with van der Waals surface area (Å²) < 4.78 is 1.08. The van der Waals surface area contributed by atoms with Crippen molar-refractivity contribution in [3.8, 4) is 0 Å². The molecule has 0 radical (unpaired) electrons. The Morgan fingerprint density at radius 1 is 1.24 bits per heavy atom. The average molecular weight is 349 g/mol. The van der Waals surface area contributed by atoms with E-state index < -0.39 is 0 Å². The van der Waals surface area contributed by atoms with E-state index in [1.165, 1.54) is 5.56 Å². The van der Waals surface area contributed by atoms with Gasteiger partial charge < -0.3 is 10.6 Å². The molecule has 112 valence electrons. The van der Waals surface area contributed by atoms with Crippen LogP contribution in [0.5, 0.6) is 0 Å². The zero-order valence-electron chi connectivity index (χ0n) is 12.5. The minimum absolute atomic E-state index is 0.179. The number of rotatable bonds is 6. The normalized spacial score (nSPS) is 12.2. The number of nitrogens with two attached hydrogens (primary N) is 1. The van der Waals surface area contributed by atoms with Gasteiger partial charge in [-0.1, -0.05) is 35.0 Å². The Kier molecular flexibility index (Phi) is 5.70. The van der Waals surface area contributed by atoms with Gasteiger partial charge in [0.1, 0.15) is 0 Å². The summed E-state index contributed by atoms with van der Waals surface area (Å²) in [4.78, 5) is 10.9. The molecule has 2 N–H and O–H groups in total. The number of hydrogen-bond acceptors (Lipinski definition) is 4. The second-order valence-electron chi connectivity index (χ2n) is 5.25. The Morgan fingerprint density at radius 2 is 1.95 bits per heavy atom. The van der Waals surface area contributed by atoms with Crippen LogP contribution < -0.4 is 10.6 Å². The summed E-state index contributed by atoms with van der Waals surface area (Å²) >= 11 is 3.49. The van der Waals surface area contributed by atoms with Gasteiger partial charge in [-0.2, -0.15) is 0 Å². The van der Waals surface area contributed by atoms with Gasteiger partial charge in [-0.05, 0) is 36.1 Å². The molecule has 0 aliphatic carbocycles. The monoisotopic (exact) mass is 348 g/mol. The van der Waals surface area contributed by atoms with E-state index in [2.05, 4.69) is 45.0 Å². The summed E-state index contributed by atoms with van der Waals surface area (Å²) in [5, 5.41) is 0. The lowest BCUT2D eigenvalue weighted by molar-refractivity contribution is 0.643. The average Bonchev–Trinajstić information content (AvgIpc) is 2.47. The van der Waals surface area contributed by atoms with E-state index in [0.29, 0.717) is 0 Å². The molecule has 0 saturated carbocycles. The van der Waals surface area contributed by atoms with Crippen LogP contribution in [0, 0.1) is 0 Å². The summed E-state index contributed by atoms with van der Waals surface area (Å²) in [6, 6.07) is 8.43. The van der Waals surface area contributed by atoms with E-state index >= 15 is 0 Å². The number of anilines is 1. The highest BCUT2D eigenvalue weighted by molar-refractivity contribution is 9.10. The van der Waals surface area contributed by atoms with Crippen molar-refractivity contribution in [1.82, 2.24) is 9.97 Å². The van der Waals surface area contributed by atoms with Crippen molar-refractivity contribution in [2.45, 2.75) is 32.4 Å². The van der Waals surface area contributed by atoms with Gasteiger partial charge in [-0.25, -0.2) is 9.97 Å². The van der Waals surface area contributed by atoms with Crippen LogP contribution in [0.3, 0.4) is 0 Å². The highest BCUT2D eigenvalue weighted by Crippen LogP contribution is 2.15. The summed E-state index contributed by atoms with van der Waals surface area (Å²) in [6.45, 7) is 2.86. The molecule has 1 atom stereocenters. The summed E-state index contributed by atoms with van der Waals surface area (Å²) in [6.07, 6.45) is 5.53. The maximum atomic E-state index is 5.95. The Bertz CT molecular complexity index is 571. The molecule has 0 fully saturated rings. The molecule has 21 heavy (non-hydrogen) atoms. The molecule has 0 spiro atoms. The molecule has 0 saturated heterocycles. The van der Waals surface area contributed by atoms with E-state index in [1.807, 2.05) is 36.5 Å². The van der Waals surface area contributed by atoms with Gasteiger partial charge in [0.2, 0.25) is 5.95 Å². The van der Waals surface area contributed by atoms with E-state index in [0.717, 1.165) is 35.4 Å². The van der Waals surface area contributed by atoms with E-state index in [1.54, 1.807) is 0 Å². The van der Waals surface area contributed by atoms with E-state index in [-0.39, 0.29) is 6.04 Å². The minimum atomic E-state index is 0.179. The lowest BCUT2D eigenvalue weighted by atomic mass is 10.1. The quantitative estimate of drug-likeness (QED) is 0.870. The predicted octanol–water partition coefficient (Wildman–Crippen LogP) is 3.16. The zero-order valence-corrected chi connectivity index (χ0v) is 14.0. The first-order valence-electron chi connectivity index (χ1n) is 7.10. The van der Waals surface area contributed by atoms with Gasteiger partial charge in [0.05, 0.1) is 0 Å². The van der Waals surface area contributed by atoms with Crippen molar-refractivity contribution in [3.63, 3.8) is 0 Å². The number of nitrogens with zero attached hydrogens (tertiary/aromatic N) is 3. The van der Waals surface area contributed by atoms with Crippen molar-refractivity contribution >= 4 is 21.9 Å². The lowest BCUT2D eigenvalue weighted by Crippen LogP contribution is -2.22. The molecule has 2 aromatic rings. The van der Waals surface area contributed by atoms with E-state index in [4.69, 9.17) is 5.73 Å². The van der Waals surface area contributed by atoms with Crippen LogP contribution in [0.4, 0.5) is 5.95 Å². The molecule has 0 amide bonds. The third kappa shape index (κ3) is 4.79. The van der Waals surface area contributed by atoms with Crippen molar-refractivity contribution in [3.05, 3.63) is 52.3 Å². The lowest BCUT2D eigenvalue weighted by Gasteiger charge is -2.17. The fourth-order valence-electron chi connectivity index (χ4n) is 2.08. The third-order valence-electron chi connectivity index (χ3n) is 3.36. The summed E-state index contributed by atoms with van der Waals surface area (Å²) in [5.41, 5.74) is 8.25. The first kappa shape index (κ1) is 15.9. The van der Waals surface area contributed by atoms with Crippen LogP contribution in [0.1, 0.15) is 24.5 Å². The van der Waals surface area contributed by atoms with Gasteiger partial charge >= 0.3 is 0 Å². The first-order chi connectivity index (χ1) is 10.1. The van der Waals surface area contributed by atoms with E-state index in [9.17, 15) is 0 Å². The molecule has 5 heteroatoms. The van der Waals surface area contributed by atoms with Gasteiger partial charge in [0.25, 0.3) is 0 Å². The molecule has 2 rings (SSSR count). The van der Waals surface area contributed by atoms with Crippen LogP contribution in [0.25, 0.3) is 0 Å². The largest absolute Gasteiger partial charge is 0.340 e. The van der Waals surface area contributed by atoms with Gasteiger partial charge in [0, 0.05) is 36.5 Å². The maximum absolute atomic E-state index is 5.95. The van der Waals surface area contributed by atoms with Crippen LogP contribution in [-0.4, -0.2) is 23.1 Å². The molecule has 0 bridgehead atoms. The summed E-state index contributed by atoms with van der Waals surface area (Å²) in [7, 11) is 1.99. The van der Waals surface area contributed by atoms with Crippen molar-refractivity contribution < 1.29 is 0 Å². The maximum Gasteiger partial charge on any atom is 0.225 e. The Balaban J connectivity index is 2.01. The SMILES string of the molecule is CCC(N)Cc1cnc(N(C)Cc2cccc(Br)c2)nc1. The van der Waals surface area contributed by atoms with Gasteiger partial charge in [0.15, 0.2) is 0 Å². The zero-order chi connectivity index (χ0) is 15.2. The summed E-state index contributed by atoms with van der Waals surface area (Å²) in [5.74, 6) is 0.726. The van der Waals surface area contributed by atoms with Gasteiger partial charge in [-0.15, -0.1) is 0 Å². The number of halogens is 1. The fourth-order valence-corrected chi connectivity index (χ4v) is 2.52. The molecule has 4 nitrogen and oxygen atoms in total. The van der Waals surface area contributed by atoms with Crippen LogP contribution in [0.15, 0.2) is 41.1 Å². The standard InChI is InChI=1S/C16H21BrN4/c1-3-15(18)8-13-9-19-16(20-10-13)21(2)11-12-5-4-6-14(17)7-12/h4-7,9-10,15H,3,8,11,18H2,1-2H3. The predicted molar refractivity (Wildman–Crippen MR) is 90.3 cm³/mol. The highest BCUT2D eigenvalue weighted by atomic mass is 79.9. The van der Waals surface area contributed by atoms with Crippen molar-refractivity contribution in [1.29, 1.82) is 0 Å². The Morgan fingerprint density at radius 3 is 2.57 bits per heavy atom.